The maximum atomic E-state index is 13.1. The second kappa shape index (κ2) is 7.86. The highest BCUT2D eigenvalue weighted by atomic mass is 32.1. The summed E-state index contributed by atoms with van der Waals surface area (Å²) in [5.41, 5.74) is 5.68. The lowest BCUT2D eigenvalue weighted by Gasteiger charge is -2.40. The molecule has 0 radical (unpaired) electrons. The molecule has 5 aromatic rings. The maximum Gasteiger partial charge on any atom is 0.197 e. The number of benzene rings is 4. The van der Waals surface area contributed by atoms with Gasteiger partial charge in [0.1, 0.15) is 5.00 Å². The van der Waals surface area contributed by atoms with E-state index in [2.05, 4.69) is 91.5 Å². The Morgan fingerprint density at radius 2 is 1.32 bits per heavy atom. The molecule has 37 heavy (non-hydrogen) atoms. The van der Waals surface area contributed by atoms with Crippen molar-refractivity contribution in [2.75, 3.05) is 4.90 Å². The fourth-order valence-electron chi connectivity index (χ4n) is 5.72. The molecule has 0 atom stereocenters. The highest BCUT2D eigenvalue weighted by Crippen LogP contribution is 2.56. The number of fused-ring (bicyclic) bond motifs is 4. The van der Waals surface area contributed by atoms with Crippen molar-refractivity contribution in [3.8, 4) is 0 Å². The number of hydrogen-bond acceptors (Lipinski definition) is 4. The average molecular weight is 498 g/mol. The number of para-hydroxylation sites is 1. The minimum atomic E-state index is -0.243. The van der Waals surface area contributed by atoms with E-state index in [4.69, 9.17) is 0 Å². The van der Waals surface area contributed by atoms with Crippen LogP contribution in [0.25, 0.3) is 16.8 Å². The van der Waals surface area contributed by atoms with Crippen LogP contribution in [0, 0.1) is 0 Å². The molecule has 178 valence electrons. The van der Waals surface area contributed by atoms with E-state index in [9.17, 15) is 9.59 Å². The van der Waals surface area contributed by atoms with E-state index in [-0.39, 0.29) is 22.6 Å². The van der Waals surface area contributed by atoms with Crippen molar-refractivity contribution in [1.29, 1.82) is 0 Å². The third-order valence-corrected chi connectivity index (χ3v) is 8.69. The maximum absolute atomic E-state index is 13.1. The van der Waals surface area contributed by atoms with Gasteiger partial charge >= 0.3 is 0 Å². The monoisotopic (exact) mass is 497 g/mol. The van der Waals surface area contributed by atoms with Crippen LogP contribution in [0.1, 0.15) is 50.6 Å². The predicted octanol–water partition coefficient (Wildman–Crippen LogP) is 8.47. The van der Waals surface area contributed by atoms with Gasteiger partial charge in [0.2, 0.25) is 0 Å². The molecular formula is C33H23NO2S. The summed E-state index contributed by atoms with van der Waals surface area (Å²) in [6.45, 7) is 4.49. The molecule has 0 saturated heterocycles. The van der Waals surface area contributed by atoms with Gasteiger partial charge in [0, 0.05) is 26.8 Å². The average Bonchev–Trinajstić information content (AvgIpc) is 3.45. The number of nitrogens with zero attached hydrogens (tertiary/aromatic N) is 1. The number of allylic oxidation sites excluding steroid dienone is 1. The van der Waals surface area contributed by atoms with Gasteiger partial charge in [0.15, 0.2) is 11.6 Å². The minimum Gasteiger partial charge on any atom is -0.301 e. The molecule has 2 heterocycles. The standard InChI is InChI=1S/C33H23NO2S/c1-33(2)26-15-7-8-16-29(26)34(28-17-9-11-20-10-3-4-12-22(20)28)32-27(33)19-21(37-32)18-25-30(35)23-13-5-6-14-24(23)31(25)36/h3-19H,1-2H3. The Morgan fingerprint density at radius 3 is 2.11 bits per heavy atom. The number of thiophene rings is 1. The molecule has 2 aliphatic rings. The Kier molecular flexibility index (Phi) is 4.66. The largest absolute Gasteiger partial charge is 0.301 e. The number of ketones is 2. The van der Waals surface area contributed by atoms with Crippen LogP contribution in [-0.2, 0) is 5.41 Å². The van der Waals surface area contributed by atoms with Crippen molar-refractivity contribution in [2.45, 2.75) is 19.3 Å². The van der Waals surface area contributed by atoms with Crippen LogP contribution in [0.3, 0.4) is 0 Å². The highest BCUT2D eigenvalue weighted by molar-refractivity contribution is 7.17. The topological polar surface area (TPSA) is 37.4 Å². The molecule has 0 unspecified atom stereocenters. The number of Topliss-reactive ketones (excluding diaryl/α,β-unsaturated/α-hetero) is 2. The quantitative estimate of drug-likeness (QED) is 0.181. The van der Waals surface area contributed by atoms with Crippen LogP contribution in [0.5, 0.6) is 0 Å². The zero-order valence-electron chi connectivity index (χ0n) is 20.5. The lowest BCUT2D eigenvalue weighted by atomic mass is 9.75. The second-order valence-corrected chi connectivity index (χ2v) is 11.2. The second-order valence-electron chi connectivity index (χ2n) is 10.1. The van der Waals surface area contributed by atoms with E-state index >= 15 is 0 Å². The molecule has 1 aromatic heterocycles. The van der Waals surface area contributed by atoms with Crippen LogP contribution in [0.15, 0.2) is 103 Å². The smallest absolute Gasteiger partial charge is 0.197 e. The fraction of sp³-hybridized carbons (Fsp3) is 0.0909. The molecule has 1 aliphatic heterocycles. The Hall–Kier alpha value is -4.28. The number of hydrogen-bond donors (Lipinski definition) is 0. The van der Waals surface area contributed by atoms with Gasteiger partial charge in [-0.15, -0.1) is 11.3 Å². The zero-order valence-corrected chi connectivity index (χ0v) is 21.3. The van der Waals surface area contributed by atoms with Gasteiger partial charge in [-0.2, -0.15) is 0 Å². The molecule has 7 rings (SSSR count). The Balaban J connectivity index is 1.45. The highest BCUT2D eigenvalue weighted by Gasteiger charge is 2.39. The van der Waals surface area contributed by atoms with Crippen molar-refractivity contribution in [1.82, 2.24) is 0 Å². The van der Waals surface area contributed by atoms with Crippen molar-refractivity contribution >= 4 is 56.1 Å². The predicted molar refractivity (Wildman–Crippen MR) is 152 cm³/mol. The molecular weight excluding hydrogens is 474 g/mol. The van der Waals surface area contributed by atoms with Gasteiger partial charge < -0.3 is 4.90 Å². The number of carbonyl (C=O) groups is 2. The first-order chi connectivity index (χ1) is 17.9. The van der Waals surface area contributed by atoms with Crippen LogP contribution in [0.4, 0.5) is 16.4 Å². The minimum absolute atomic E-state index is 0.194. The number of carbonyl (C=O) groups excluding carboxylic acids is 2. The number of rotatable bonds is 2. The van der Waals surface area contributed by atoms with E-state index < -0.39 is 0 Å². The van der Waals surface area contributed by atoms with Crippen molar-refractivity contribution in [3.05, 3.63) is 130 Å². The summed E-state index contributed by atoms with van der Waals surface area (Å²) < 4.78 is 0. The molecule has 0 saturated carbocycles. The van der Waals surface area contributed by atoms with Crippen molar-refractivity contribution in [3.63, 3.8) is 0 Å². The summed E-state index contributed by atoms with van der Waals surface area (Å²) >= 11 is 1.63. The SMILES string of the molecule is CC1(C)c2ccccc2N(c2cccc3ccccc23)c2sc(C=C3C(=O)c4ccccc4C3=O)cc21. The van der Waals surface area contributed by atoms with Crippen LogP contribution in [0.2, 0.25) is 0 Å². The Morgan fingerprint density at radius 1 is 0.703 bits per heavy atom. The summed E-state index contributed by atoms with van der Waals surface area (Å²) in [6.07, 6.45) is 1.79. The molecule has 4 aromatic carbocycles. The summed E-state index contributed by atoms with van der Waals surface area (Å²) in [4.78, 5) is 29.4. The lowest BCUT2D eigenvalue weighted by Crippen LogP contribution is -2.29. The third kappa shape index (κ3) is 3.12. The zero-order chi connectivity index (χ0) is 25.3. The molecule has 0 spiro atoms. The Labute approximate surface area is 219 Å². The van der Waals surface area contributed by atoms with E-state index in [1.54, 1.807) is 41.7 Å². The molecule has 3 nitrogen and oxygen atoms in total. The Bertz CT molecular complexity index is 1760. The van der Waals surface area contributed by atoms with Gasteiger partial charge in [0.05, 0.1) is 16.9 Å². The summed E-state index contributed by atoms with van der Waals surface area (Å²) in [7, 11) is 0. The van der Waals surface area contributed by atoms with Gasteiger partial charge in [0.25, 0.3) is 0 Å². The molecule has 0 amide bonds. The molecule has 0 fully saturated rings. The van der Waals surface area contributed by atoms with E-state index in [1.165, 1.54) is 21.9 Å². The molecule has 0 N–H and O–H groups in total. The van der Waals surface area contributed by atoms with Crippen molar-refractivity contribution < 1.29 is 9.59 Å². The van der Waals surface area contributed by atoms with Gasteiger partial charge in [-0.05, 0) is 40.8 Å². The van der Waals surface area contributed by atoms with E-state index in [0.29, 0.717) is 11.1 Å². The molecule has 4 heteroatoms. The molecule has 1 aliphatic carbocycles. The first-order valence-electron chi connectivity index (χ1n) is 12.4. The third-order valence-electron chi connectivity index (χ3n) is 7.63. The lowest BCUT2D eigenvalue weighted by molar-refractivity contribution is 0.0990. The van der Waals surface area contributed by atoms with Gasteiger partial charge in [-0.3, -0.25) is 9.59 Å². The van der Waals surface area contributed by atoms with Crippen molar-refractivity contribution in [2.24, 2.45) is 0 Å². The van der Waals surface area contributed by atoms with Gasteiger partial charge in [-0.1, -0.05) is 92.7 Å². The van der Waals surface area contributed by atoms with Gasteiger partial charge in [-0.25, -0.2) is 0 Å². The normalized spacial score (nSPS) is 15.5. The van der Waals surface area contributed by atoms with Crippen LogP contribution in [-0.4, -0.2) is 11.6 Å². The summed E-state index contributed by atoms with van der Waals surface area (Å²) in [5, 5.41) is 3.47. The molecule has 0 bridgehead atoms. The van der Waals surface area contributed by atoms with Crippen LogP contribution < -0.4 is 4.90 Å². The first-order valence-corrected chi connectivity index (χ1v) is 13.2. The first kappa shape index (κ1) is 22.0. The van der Waals surface area contributed by atoms with E-state index in [1.807, 2.05) is 0 Å². The number of anilines is 3. The van der Waals surface area contributed by atoms with Crippen LogP contribution >= 0.6 is 11.3 Å². The summed E-state index contributed by atoms with van der Waals surface area (Å²) in [5.74, 6) is -0.388. The van der Waals surface area contributed by atoms with E-state index in [0.717, 1.165) is 21.3 Å². The summed E-state index contributed by atoms with van der Waals surface area (Å²) in [6, 6.07) is 32.6. The fourth-order valence-corrected chi connectivity index (χ4v) is 7.01.